The Balaban J connectivity index is 1.35. The van der Waals surface area contributed by atoms with Crippen LogP contribution >= 0.6 is 0 Å². The van der Waals surface area contributed by atoms with Crippen LogP contribution in [-0.4, -0.2) is 22.3 Å². The van der Waals surface area contributed by atoms with Crippen molar-refractivity contribution in [2.24, 2.45) is 16.5 Å². The maximum Gasteiger partial charge on any atom is 0.259 e. The Morgan fingerprint density at radius 3 is 1.91 bits per heavy atom. The van der Waals surface area contributed by atoms with Crippen LogP contribution in [0.1, 0.15) is 38.7 Å². The van der Waals surface area contributed by atoms with E-state index in [2.05, 4.69) is 32.3 Å². The number of carbonyl (C=O) groups excluding carboxylic acids is 2. The molecule has 0 aliphatic heterocycles. The van der Waals surface area contributed by atoms with Crippen LogP contribution in [0, 0.1) is 0 Å². The maximum absolute atomic E-state index is 15.0. The molecule has 0 saturated carbocycles. The summed E-state index contributed by atoms with van der Waals surface area (Å²) in [6.07, 6.45) is 2.01. The minimum Gasteiger partial charge on any atom is -0.370 e. The summed E-state index contributed by atoms with van der Waals surface area (Å²) in [5, 5.41) is 7.46. The summed E-state index contributed by atoms with van der Waals surface area (Å²) < 4.78 is 2.14. The quantitative estimate of drug-likeness (QED) is 0.0714. The zero-order valence-electron chi connectivity index (χ0n) is 29.7. The fraction of sp³-hybridized carbons (Fsp3) is 0.0889. The average Bonchev–Trinajstić information content (AvgIpc) is 3.57. The Labute approximate surface area is 314 Å². The van der Waals surface area contributed by atoms with Crippen LogP contribution in [0.15, 0.2) is 175 Å². The minimum atomic E-state index is -1.04. The van der Waals surface area contributed by atoms with Crippen LogP contribution in [0.25, 0.3) is 10.9 Å². The summed E-state index contributed by atoms with van der Waals surface area (Å²) in [5.41, 5.74) is 18.4. The lowest BCUT2D eigenvalue weighted by Crippen LogP contribution is -2.44. The monoisotopic (exact) mass is 711 g/mol. The molecule has 0 aliphatic rings. The van der Waals surface area contributed by atoms with Crippen molar-refractivity contribution in [3.63, 3.8) is 0 Å². The van der Waals surface area contributed by atoms with E-state index < -0.39 is 6.04 Å². The summed E-state index contributed by atoms with van der Waals surface area (Å²) >= 11 is 0. The molecular formula is C45H41N7O2. The molecule has 1 unspecified atom stereocenters. The molecule has 1 atom stereocenters. The third-order valence-corrected chi connectivity index (χ3v) is 9.20. The molecule has 1 aromatic heterocycles. The van der Waals surface area contributed by atoms with Gasteiger partial charge in [0.1, 0.15) is 6.04 Å². The van der Waals surface area contributed by atoms with Crippen molar-refractivity contribution >= 4 is 45.7 Å². The number of aliphatic imine (C=N–C) groups is 1. The van der Waals surface area contributed by atoms with Crippen molar-refractivity contribution in [1.29, 1.82) is 0 Å². The van der Waals surface area contributed by atoms with Crippen molar-refractivity contribution in [2.45, 2.75) is 25.7 Å². The van der Waals surface area contributed by atoms with E-state index in [9.17, 15) is 9.59 Å². The first-order chi connectivity index (χ1) is 26.4. The van der Waals surface area contributed by atoms with Gasteiger partial charge in [0, 0.05) is 58.4 Å². The van der Waals surface area contributed by atoms with Crippen molar-refractivity contribution in [1.82, 2.24) is 9.88 Å². The number of amides is 2. The number of nitrogens with zero attached hydrogens (tertiary/aromatic N) is 3. The number of anilines is 3. The first kappa shape index (κ1) is 35.3. The van der Waals surface area contributed by atoms with Gasteiger partial charge in [0.25, 0.3) is 5.91 Å². The molecule has 6 aromatic carbocycles. The molecule has 1 heterocycles. The molecule has 0 saturated heterocycles. The number of fused-ring (bicyclic) bond motifs is 1. The first-order valence-electron chi connectivity index (χ1n) is 17.8. The van der Waals surface area contributed by atoms with Crippen LogP contribution < -0.4 is 27.0 Å². The van der Waals surface area contributed by atoms with Crippen LogP contribution in [0.2, 0.25) is 0 Å². The third-order valence-electron chi connectivity index (χ3n) is 9.20. The summed E-state index contributed by atoms with van der Waals surface area (Å²) in [6, 6.07) is 51.5. The predicted molar refractivity (Wildman–Crippen MR) is 217 cm³/mol. The highest BCUT2D eigenvalue weighted by Gasteiger charge is 2.35. The lowest BCUT2D eigenvalue weighted by Gasteiger charge is -2.31. The van der Waals surface area contributed by atoms with Gasteiger partial charge in [0.15, 0.2) is 5.96 Å². The Kier molecular flexibility index (Phi) is 10.8. The third kappa shape index (κ3) is 8.32. The number of benzene rings is 6. The average molecular weight is 712 g/mol. The number of aromatic nitrogens is 1. The number of nitrogens with one attached hydrogen (secondary N) is 2. The molecule has 9 heteroatoms. The van der Waals surface area contributed by atoms with E-state index in [0.717, 1.165) is 39.0 Å². The van der Waals surface area contributed by atoms with Gasteiger partial charge < -0.3 is 26.7 Å². The van der Waals surface area contributed by atoms with Gasteiger partial charge in [0.2, 0.25) is 5.91 Å². The topological polar surface area (TPSA) is 131 Å². The maximum atomic E-state index is 15.0. The summed E-state index contributed by atoms with van der Waals surface area (Å²) in [5.74, 6) is -0.667. The fourth-order valence-corrected chi connectivity index (χ4v) is 6.53. The zero-order valence-corrected chi connectivity index (χ0v) is 29.7. The van der Waals surface area contributed by atoms with Gasteiger partial charge in [-0.15, -0.1) is 0 Å². The Bertz CT molecular complexity index is 2350. The second-order valence-corrected chi connectivity index (χ2v) is 13.0. The molecule has 2 amide bonds. The van der Waals surface area contributed by atoms with Gasteiger partial charge in [-0.1, -0.05) is 109 Å². The molecular weight excluding hydrogens is 671 g/mol. The van der Waals surface area contributed by atoms with Crippen molar-refractivity contribution in [3.8, 4) is 0 Å². The second-order valence-electron chi connectivity index (χ2n) is 13.0. The van der Waals surface area contributed by atoms with Gasteiger partial charge in [-0.25, -0.2) is 4.99 Å². The molecule has 0 bridgehead atoms. The minimum absolute atomic E-state index is 0.0117. The SMILES string of the molecule is NC(N)=NCc1ccc(C(=O)N(c2ccc(Nc3ccccc3)cc2)C(C(=O)NCc2ccccc2)c2cn(Cc3ccccc3)c3ccccc23)cc1. The number of para-hydroxylation sites is 2. The smallest absolute Gasteiger partial charge is 0.259 e. The Morgan fingerprint density at radius 2 is 1.24 bits per heavy atom. The molecule has 0 radical (unpaired) electrons. The molecule has 7 aromatic rings. The van der Waals surface area contributed by atoms with Gasteiger partial charge in [-0.2, -0.15) is 0 Å². The normalized spacial score (nSPS) is 11.4. The molecule has 54 heavy (non-hydrogen) atoms. The number of guanidine groups is 1. The largest absolute Gasteiger partial charge is 0.370 e. The lowest BCUT2D eigenvalue weighted by molar-refractivity contribution is -0.122. The van der Waals surface area contributed by atoms with Crippen molar-refractivity contribution < 1.29 is 9.59 Å². The van der Waals surface area contributed by atoms with E-state index in [1.807, 2.05) is 146 Å². The van der Waals surface area contributed by atoms with Crippen LogP contribution in [0.4, 0.5) is 17.1 Å². The number of nitrogens with two attached hydrogens (primary N) is 2. The standard InChI is InChI=1S/C45H41N7O2/c46-45(47)49-29-33-20-22-35(23-21-33)44(54)52(38-26-24-37(25-27-38)50-36-16-8-3-9-17-36)42(43(53)48-28-32-12-4-1-5-13-32)40-31-51(30-34-14-6-2-7-15-34)41-19-11-10-18-39(40)41/h1-27,31,42,50H,28-30H2,(H,48,53)(H4,46,47,49). The van der Waals surface area contributed by atoms with E-state index in [1.165, 1.54) is 0 Å². The number of rotatable bonds is 13. The van der Waals surface area contributed by atoms with Gasteiger partial charge in [-0.05, 0) is 71.3 Å². The first-order valence-corrected chi connectivity index (χ1v) is 17.8. The molecule has 9 nitrogen and oxygen atoms in total. The van der Waals surface area contributed by atoms with E-state index in [0.29, 0.717) is 29.9 Å². The zero-order chi connectivity index (χ0) is 37.3. The van der Waals surface area contributed by atoms with E-state index in [1.54, 1.807) is 17.0 Å². The van der Waals surface area contributed by atoms with Crippen LogP contribution in [-0.2, 0) is 24.4 Å². The Morgan fingerprint density at radius 1 is 0.648 bits per heavy atom. The van der Waals surface area contributed by atoms with E-state index in [-0.39, 0.29) is 24.3 Å². The van der Waals surface area contributed by atoms with Gasteiger partial charge in [0.05, 0.1) is 6.54 Å². The van der Waals surface area contributed by atoms with E-state index in [4.69, 9.17) is 11.5 Å². The van der Waals surface area contributed by atoms with Crippen molar-refractivity contribution in [3.05, 3.63) is 198 Å². The fourth-order valence-electron chi connectivity index (χ4n) is 6.53. The highest BCUT2D eigenvalue weighted by molar-refractivity contribution is 6.11. The van der Waals surface area contributed by atoms with Gasteiger partial charge in [-0.3, -0.25) is 14.5 Å². The number of carbonyl (C=O) groups is 2. The highest BCUT2D eigenvalue weighted by Crippen LogP contribution is 2.36. The summed E-state index contributed by atoms with van der Waals surface area (Å²) in [7, 11) is 0. The lowest BCUT2D eigenvalue weighted by atomic mass is 10.00. The summed E-state index contributed by atoms with van der Waals surface area (Å²) in [4.78, 5) is 35.5. The molecule has 268 valence electrons. The van der Waals surface area contributed by atoms with Crippen molar-refractivity contribution in [2.75, 3.05) is 10.2 Å². The number of hydrogen-bond acceptors (Lipinski definition) is 4. The predicted octanol–water partition coefficient (Wildman–Crippen LogP) is 7.91. The molecule has 0 fully saturated rings. The number of hydrogen-bond donors (Lipinski definition) is 4. The van der Waals surface area contributed by atoms with Crippen LogP contribution in [0.3, 0.4) is 0 Å². The highest BCUT2D eigenvalue weighted by atomic mass is 16.2. The van der Waals surface area contributed by atoms with E-state index >= 15 is 0 Å². The van der Waals surface area contributed by atoms with Gasteiger partial charge >= 0.3 is 0 Å². The Hall–Kier alpha value is -7.13. The molecule has 0 aliphatic carbocycles. The second kappa shape index (κ2) is 16.5. The van der Waals surface area contributed by atoms with Crippen LogP contribution in [0.5, 0.6) is 0 Å². The molecule has 0 spiro atoms. The summed E-state index contributed by atoms with van der Waals surface area (Å²) in [6.45, 7) is 1.16. The molecule has 6 N–H and O–H groups in total. The molecule has 7 rings (SSSR count).